The molecule has 22 heavy (non-hydrogen) atoms. The van der Waals surface area contributed by atoms with E-state index in [1.165, 1.54) is 6.07 Å². The molecule has 0 bridgehead atoms. The van der Waals surface area contributed by atoms with Crippen LogP contribution in [0.25, 0.3) is 0 Å². The third-order valence-corrected chi connectivity index (χ3v) is 4.72. The number of para-hydroxylation sites is 1. The van der Waals surface area contributed by atoms with Gasteiger partial charge < -0.3 is 4.90 Å². The molecule has 2 nitrogen and oxygen atoms in total. The second-order valence-corrected chi connectivity index (χ2v) is 6.23. The van der Waals surface area contributed by atoms with Crippen molar-refractivity contribution in [1.29, 1.82) is 0 Å². The monoisotopic (exact) mass is 338 g/mol. The van der Waals surface area contributed by atoms with E-state index in [1.807, 2.05) is 30.3 Å². The number of anilines is 1. The van der Waals surface area contributed by atoms with Crippen molar-refractivity contribution < 1.29 is 4.39 Å². The van der Waals surface area contributed by atoms with E-state index in [9.17, 15) is 4.39 Å². The summed E-state index contributed by atoms with van der Waals surface area (Å²) < 4.78 is 13.8. The largest absolute Gasteiger partial charge is 0.367 e. The molecule has 0 aromatic heterocycles. The van der Waals surface area contributed by atoms with E-state index < -0.39 is 0 Å². The van der Waals surface area contributed by atoms with Crippen LogP contribution in [0.1, 0.15) is 5.56 Å². The van der Waals surface area contributed by atoms with Crippen molar-refractivity contribution in [2.75, 3.05) is 31.1 Å². The van der Waals surface area contributed by atoms with Crippen LogP contribution < -0.4 is 4.90 Å². The molecule has 2 aromatic carbocycles. The predicted octanol–water partition coefficient (Wildman–Crippen LogP) is 4.45. The molecule has 2 aromatic rings. The molecule has 1 aliphatic heterocycles. The lowest BCUT2D eigenvalue weighted by Gasteiger charge is -2.36. The molecule has 1 saturated heterocycles. The topological polar surface area (TPSA) is 6.48 Å². The van der Waals surface area contributed by atoms with Crippen LogP contribution in [0.3, 0.4) is 0 Å². The smallest absolute Gasteiger partial charge is 0.146 e. The van der Waals surface area contributed by atoms with Crippen molar-refractivity contribution in [3.05, 3.63) is 63.9 Å². The van der Waals surface area contributed by atoms with Gasteiger partial charge in [-0.25, -0.2) is 4.39 Å². The summed E-state index contributed by atoms with van der Waals surface area (Å²) in [5.41, 5.74) is 1.64. The Morgan fingerprint density at radius 3 is 2.14 bits per heavy atom. The van der Waals surface area contributed by atoms with Crippen molar-refractivity contribution in [1.82, 2.24) is 4.90 Å². The van der Waals surface area contributed by atoms with Crippen LogP contribution >= 0.6 is 23.2 Å². The highest BCUT2D eigenvalue weighted by atomic mass is 35.5. The summed E-state index contributed by atoms with van der Waals surface area (Å²) in [5, 5.41) is 1.40. The van der Waals surface area contributed by atoms with Crippen LogP contribution in [-0.2, 0) is 6.54 Å². The van der Waals surface area contributed by atoms with Gasteiger partial charge in [0.2, 0.25) is 0 Å². The fourth-order valence-electron chi connectivity index (χ4n) is 2.76. The van der Waals surface area contributed by atoms with Gasteiger partial charge in [-0.05, 0) is 24.3 Å². The quantitative estimate of drug-likeness (QED) is 0.815. The van der Waals surface area contributed by atoms with Gasteiger partial charge in [0.25, 0.3) is 0 Å². The maximum atomic E-state index is 13.8. The lowest BCUT2D eigenvalue weighted by Crippen LogP contribution is -2.46. The zero-order chi connectivity index (χ0) is 15.5. The normalized spacial score (nSPS) is 16.0. The second kappa shape index (κ2) is 6.86. The van der Waals surface area contributed by atoms with E-state index in [2.05, 4.69) is 9.80 Å². The van der Waals surface area contributed by atoms with Gasteiger partial charge in [-0.3, -0.25) is 4.90 Å². The highest BCUT2D eigenvalue weighted by Crippen LogP contribution is 2.27. The molecule has 116 valence electrons. The Labute approximate surface area is 140 Å². The number of piperazine rings is 1. The Morgan fingerprint density at radius 1 is 0.864 bits per heavy atom. The number of hydrogen-bond donors (Lipinski definition) is 0. The molecule has 0 amide bonds. The summed E-state index contributed by atoms with van der Waals surface area (Å²) in [6.45, 7) is 4.03. The molecule has 0 radical (unpaired) electrons. The third kappa shape index (κ3) is 3.37. The maximum Gasteiger partial charge on any atom is 0.146 e. The summed E-state index contributed by atoms with van der Waals surface area (Å²) >= 11 is 12.4. The standard InChI is InChI=1S/C17H17Cl2FN2/c18-14-4-3-5-15(19)13(14)12-21-8-10-22(11-9-21)17-7-2-1-6-16(17)20/h1-7H,8-12H2. The van der Waals surface area contributed by atoms with Gasteiger partial charge in [0.15, 0.2) is 0 Å². The van der Waals surface area contributed by atoms with Gasteiger partial charge >= 0.3 is 0 Å². The number of rotatable bonds is 3. The third-order valence-electron chi connectivity index (χ3n) is 4.01. The van der Waals surface area contributed by atoms with Crippen LogP contribution in [0.4, 0.5) is 10.1 Å². The summed E-state index contributed by atoms with van der Waals surface area (Å²) in [6, 6.07) is 12.5. The molecule has 3 rings (SSSR count). The Bertz CT molecular complexity index is 635. The molecule has 1 fully saturated rings. The first kappa shape index (κ1) is 15.6. The molecular formula is C17H17Cl2FN2. The fraction of sp³-hybridized carbons (Fsp3) is 0.294. The SMILES string of the molecule is Fc1ccccc1N1CCN(Cc2c(Cl)cccc2Cl)CC1. The van der Waals surface area contributed by atoms with Crippen LogP contribution in [-0.4, -0.2) is 31.1 Å². The van der Waals surface area contributed by atoms with Crippen molar-refractivity contribution >= 4 is 28.9 Å². The molecule has 0 spiro atoms. The van der Waals surface area contributed by atoms with E-state index in [4.69, 9.17) is 23.2 Å². The molecular weight excluding hydrogens is 322 g/mol. The first-order valence-corrected chi connectivity index (χ1v) is 8.05. The molecule has 1 heterocycles. The Kier molecular flexibility index (Phi) is 4.87. The summed E-state index contributed by atoms with van der Waals surface area (Å²) in [6.07, 6.45) is 0. The van der Waals surface area contributed by atoms with Gasteiger partial charge in [0, 0.05) is 48.3 Å². The van der Waals surface area contributed by atoms with Crippen molar-refractivity contribution in [3.63, 3.8) is 0 Å². The molecule has 0 aliphatic carbocycles. The molecule has 0 atom stereocenters. The molecule has 0 saturated carbocycles. The van der Waals surface area contributed by atoms with Crippen LogP contribution in [0.15, 0.2) is 42.5 Å². The first-order chi connectivity index (χ1) is 10.6. The first-order valence-electron chi connectivity index (χ1n) is 7.30. The van der Waals surface area contributed by atoms with E-state index >= 15 is 0 Å². The van der Waals surface area contributed by atoms with Gasteiger partial charge in [-0.1, -0.05) is 41.4 Å². The maximum absolute atomic E-state index is 13.8. The number of benzene rings is 2. The zero-order valence-electron chi connectivity index (χ0n) is 12.1. The minimum atomic E-state index is -0.162. The van der Waals surface area contributed by atoms with Crippen LogP contribution in [0, 0.1) is 5.82 Å². The predicted molar refractivity (Wildman–Crippen MR) is 90.4 cm³/mol. The lowest BCUT2D eigenvalue weighted by atomic mass is 10.2. The number of nitrogens with zero attached hydrogens (tertiary/aromatic N) is 2. The van der Waals surface area contributed by atoms with Crippen molar-refractivity contribution in [2.45, 2.75) is 6.54 Å². The summed E-state index contributed by atoms with van der Waals surface area (Å²) in [4.78, 5) is 4.38. The lowest BCUT2D eigenvalue weighted by molar-refractivity contribution is 0.249. The van der Waals surface area contributed by atoms with Crippen LogP contribution in [0.2, 0.25) is 10.0 Å². The number of hydrogen-bond acceptors (Lipinski definition) is 2. The average molecular weight is 339 g/mol. The zero-order valence-corrected chi connectivity index (χ0v) is 13.6. The molecule has 5 heteroatoms. The highest BCUT2D eigenvalue weighted by molar-refractivity contribution is 6.35. The van der Waals surface area contributed by atoms with Gasteiger partial charge in [0.1, 0.15) is 5.82 Å². The summed E-state index contributed by atoms with van der Waals surface area (Å²) in [5.74, 6) is -0.162. The highest BCUT2D eigenvalue weighted by Gasteiger charge is 2.20. The Hall–Kier alpha value is -1.29. The van der Waals surface area contributed by atoms with Crippen LogP contribution in [0.5, 0.6) is 0 Å². The van der Waals surface area contributed by atoms with Gasteiger partial charge in [-0.15, -0.1) is 0 Å². The molecule has 1 aliphatic rings. The van der Waals surface area contributed by atoms with E-state index in [0.29, 0.717) is 15.7 Å². The molecule has 0 unspecified atom stereocenters. The van der Waals surface area contributed by atoms with E-state index in [-0.39, 0.29) is 5.82 Å². The summed E-state index contributed by atoms with van der Waals surface area (Å²) in [7, 11) is 0. The van der Waals surface area contributed by atoms with E-state index in [1.54, 1.807) is 6.07 Å². The Morgan fingerprint density at radius 2 is 1.50 bits per heavy atom. The minimum absolute atomic E-state index is 0.162. The van der Waals surface area contributed by atoms with Crippen molar-refractivity contribution in [2.24, 2.45) is 0 Å². The van der Waals surface area contributed by atoms with E-state index in [0.717, 1.165) is 38.3 Å². The van der Waals surface area contributed by atoms with Gasteiger partial charge in [-0.2, -0.15) is 0 Å². The Balaban J connectivity index is 1.64. The average Bonchev–Trinajstić information content (AvgIpc) is 2.52. The fourth-order valence-corrected chi connectivity index (χ4v) is 3.28. The van der Waals surface area contributed by atoms with Crippen molar-refractivity contribution in [3.8, 4) is 0 Å². The van der Waals surface area contributed by atoms with Gasteiger partial charge in [0.05, 0.1) is 5.69 Å². The minimum Gasteiger partial charge on any atom is -0.367 e. The molecule has 0 N–H and O–H groups in total. The second-order valence-electron chi connectivity index (χ2n) is 5.41. The number of halogens is 3.